The van der Waals surface area contributed by atoms with Gasteiger partial charge in [0.1, 0.15) is 0 Å². The minimum Gasteiger partial charge on any atom is -0.320 e. The maximum Gasteiger partial charge on any atom is 0.282 e. The lowest BCUT2D eigenvalue weighted by molar-refractivity contribution is 0.0994. The van der Waals surface area contributed by atoms with Crippen molar-refractivity contribution in [1.82, 2.24) is 4.57 Å². The Hall–Kier alpha value is -1.46. The second-order valence-corrected chi connectivity index (χ2v) is 9.01. The Balaban J connectivity index is 2.09. The third kappa shape index (κ3) is 3.87. The Kier molecular flexibility index (Phi) is 4.91. The van der Waals surface area contributed by atoms with Gasteiger partial charge in [-0.25, -0.2) is 4.39 Å². The number of nitrogens with zero attached hydrogens (tertiary/aromatic N) is 2. The molecule has 1 heterocycles. The number of hydrogen-bond acceptors (Lipinski definition) is 2. The predicted molar refractivity (Wildman–Crippen MR) is 99.8 cm³/mol. The molecule has 2 aromatic rings. The van der Waals surface area contributed by atoms with Crippen molar-refractivity contribution in [2.24, 2.45) is 10.9 Å². The molecular weight excluding hydrogens is 359 g/mol. The molecule has 0 saturated heterocycles. The summed E-state index contributed by atoms with van der Waals surface area (Å²) in [7, 11) is 0. The van der Waals surface area contributed by atoms with Crippen molar-refractivity contribution in [3.8, 4) is 0 Å². The van der Waals surface area contributed by atoms with Crippen molar-refractivity contribution in [1.29, 1.82) is 0 Å². The van der Waals surface area contributed by atoms with Crippen LogP contribution in [0.25, 0.3) is 0 Å². The maximum atomic E-state index is 14.1. The topological polar surface area (TPSA) is 34.4 Å². The summed E-state index contributed by atoms with van der Waals surface area (Å²) in [6.07, 6.45) is 2.42. The van der Waals surface area contributed by atoms with Crippen LogP contribution < -0.4 is 4.80 Å². The zero-order chi connectivity index (χ0) is 18.4. The molecule has 1 fully saturated rings. The van der Waals surface area contributed by atoms with Gasteiger partial charge in [-0.05, 0) is 43.2 Å². The van der Waals surface area contributed by atoms with E-state index < -0.39 is 11.7 Å². The highest BCUT2D eigenvalue weighted by Crippen LogP contribution is 2.33. The fourth-order valence-electron chi connectivity index (χ4n) is 2.85. The minimum absolute atomic E-state index is 0.0296. The first kappa shape index (κ1) is 18.3. The van der Waals surface area contributed by atoms with Crippen molar-refractivity contribution >= 4 is 28.8 Å². The van der Waals surface area contributed by atoms with Crippen molar-refractivity contribution in [2.45, 2.75) is 52.5 Å². The number of amides is 1. The van der Waals surface area contributed by atoms with E-state index in [-0.39, 0.29) is 16.0 Å². The Morgan fingerprint density at radius 2 is 2.08 bits per heavy atom. The average Bonchev–Trinajstić information content (AvgIpc) is 3.28. The summed E-state index contributed by atoms with van der Waals surface area (Å²) in [6.45, 7) is 9.38. The van der Waals surface area contributed by atoms with E-state index in [1.165, 1.54) is 41.2 Å². The normalized spacial score (nSPS) is 15.7. The number of carbonyl (C=O) groups is 1. The van der Waals surface area contributed by atoms with Crippen LogP contribution in [0.2, 0.25) is 5.02 Å². The molecule has 3 nitrogen and oxygen atoms in total. The molecular formula is C19H22ClFN2OS. The van der Waals surface area contributed by atoms with Gasteiger partial charge >= 0.3 is 0 Å². The molecule has 6 heteroatoms. The molecule has 25 heavy (non-hydrogen) atoms. The van der Waals surface area contributed by atoms with E-state index in [0.29, 0.717) is 10.7 Å². The molecule has 0 aliphatic heterocycles. The highest BCUT2D eigenvalue weighted by Gasteiger charge is 2.27. The third-order valence-electron chi connectivity index (χ3n) is 4.36. The van der Waals surface area contributed by atoms with Gasteiger partial charge in [0.25, 0.3) is 5.91 Å². The molecule has 134 valence electrons. The van der Waals surface area contributed by atoms with Crippen LogP contribution in [0, 0.1) is 18.7 Å². The smallest absolute Gasteiger partial charge is 0.282 e. The van der Waals surface area contributed by atoms with Crippen LogP contribution in [0.15, 0.2) is 23.2 Å². The van der Waals surface area contributed by atoms with E-state index in [9.17, 15) is 9.18 Å². The monoisotopic (exact) mass is 380 g/mol. The second kappa shape index (κ2) is 6.69. The lowest BCUT2D eigenvalue weighted by Gasteiger charge is -2.17. The number of halogens is 2. The molecule has 0 radical (unpaired) electrons. The van der Waals surface area contributed by atoms with Crippen LogP contribution in [0.5, 0.6) is 0 Å². The quantitative estimate of drug-likeness (QED) is 0.729. The Bertz CT molecular complexity index is 888. The lowest BCUT2D eigenvalue weighted by Crippen LogP contribution is -2.20. The Morgan fingerprint density at radius 3 is 2.68 bits per heavy atom. The molecule has 0 unspecified atom stereocenters. The minimum atomic E-state index is -0.712. The molecule has 1 aliphatic rings. The molecule has 0 spiro atoms. The molecule has 0 N–H and O–H groups in total. The van der Waals surface area contributed by atoms with Crippen molar-refractivity contribution < 1.29 is 9.18 Å². The van der Waals surface area contributed by atoms with Gasteiger partial charge in [0.15, 0.2) is 10.6 Å². The number of benzene rings is 1. The number of rotatable bonds is 3. The van der Waals surface area contributed by atoms with Gasteiger partial charge < -0.3 is 4.57 Å². The largest absolute Gasteiger partial charge is 0.320 e. The predicted octanol–water partition coefficient (Wildman–Crippen LogP) is 5.10. The van der Waals surface area contributed by atoms with Gasteiger partial charge in [-0.2, -0.15) is 4.99 Å². The summed E-state index contributed by atoms with van der Waals surface area (Å²) in [5.74, 6) is -0.652. The van der Waals surface area contributed by atoms with Gasteiger partial charge in [0.05, 0.1) is 10.6 Å². The average molecular weight is 381 g/mol. The van der Waals surface area contributed by atoms with Gasteiger partial charge in [-0.3, -0.25) is 4.79 Å². The van der Waals surface area contributed by atoms with Gasteiger partial charge in [0.2, 0.25) is 0 Å². The van der Waals surface area contributed by atoms with E-state index >= 15 is 0 Å². The number of hydrogen-bond donors (Lipinski definition) is 0. The molecule has 1 aromatic carbocycles. The molecule has 1 saturated carbocycles. The summed E-state index contributed by atoms with van der Waals surface area (Å²) in [5, 5.41) is -0.0651. The molecule has 1 amide bonds. The summed E-state index contributed by atoms with van der Waals surface area (Å²) in [6, 6.07) is 4.41. The lowest BCUT2D eigenvalue weighted by atomic mass is 9.93. The standard InChI is InChI=1S/C19H22ClFN2OS/c1-11-16(19(2,3)4)25-18(23(11)10-12-8-9-12)22-17(24)13-6-5-7-14(20)15(13)21/h5-7,12H,8-10H2,1-4H3/b22-18-. The molecule has 3 rings (SSSR count). The van der Waals surface area contributed by atoms with E-state index in [4.69, 9.17) is 11.6 Å². The summed E-state index contributed by atoms with van der Waals surface area (Å²) >= 11 is 7.30. The molecule has 1 aromatic heterocycles. The zero-order valence-electron chi connectivity index (χ0n) is 14.9. The van der Waals surface area contributed by atoms with E-state index in [2.05, 4.69) is 37.3 Å². The Morgan fingerprint density at radius 1 is 1.40 bits per heavy atom. The van der Waals surface area contributed by atoms with Crippen LogP contribution >= 0.6 is 22.9 Å². The van der Waals surface area contributed by atoms with Gasteiger partial charge in [0, 0.05) is 17.1 Å². The first-order valence-electron chi connectivity index (χ1n) is 8.42. The first-order chi connectivity index (χ1) is 11.7. The zero-order valence-corrected chi connectivity index (χ0v) is 16.5. The van der Waals surface area contributed by atoms with Gasteiger partial charge in [-0.15, -0.1) is 11.3 Å². The number of thiazole rings is 1. The van der Waals surface area contributed by atoms with Crippen molar-refractivity contribution in [3.05, 3.63) is 50.0 Å². The van der Waals surface area contributed by atoms with E-state index in [1.54, 1.807) is 6.07 Å². The highest BCUT2D eigenvalue weighted by molar-refractivity contribution is 7.09. The fourth-order valence-corrected chi connectivity index (χ4v) is 4.23. The van der Waals surface area contributed by atoms with E-state index in [1.807, 2.05) is 0 Å². The number of aromatic nitrogens is 1. The Labute approximate surface area is 156 Å². The first-order valence-corrected chi connectivity index (χ1v) is 9.61. The van der Waals surface area contributed by atoms with Crippen LogP contribution in [0.3, 0.4) is 0 Å². The van der Waals surface area contributed by atoms with Crippen molar-refractivity contribution in [2.75, 3.05) is 0 Å². The van der Waals surface area contributed by atoms with Crippen LogP contribution in [0.1, 0.15) is 54.5 Å². The maximum absolute atomic E-state index is 14.1. The second-order valence-electron chi connectivity index (χ2n) is 7.62. The molecule has 0 bridgehead atoms. The van der Waals surface area contributed by atoms with Crippen LogP contribution in [0.4, 0.5) is 4.39 Å². The van der Waals surface area contributed by atoms with Crippen LogP contribution in [-0.4, -0.2) is 10.5 Å². The SMILES string of the molecule is Cc1c(C(C)(C)C)s/c(=N\C(=O)c2cccc(Cl)c2F)n1CC1CC1. The molecule has 1 aliphatic carbocycles. The highest BCUT2D eigenvalue weighted by atomic mass is 35.5. The molecule has 0 atom stereocenters. The fraction of sp³-hybridized carbons (Fsp3) is 0.474. The number of carbonyl (C=O) groups excluding carboxylic acids is 1. The van der Waals surface area contributed by atoms with Crippen molar-refractivity contribution in [3.63, 3.8) is 0 Å². The summed E-state index contributed by atoms with van der Waals surface area (Å²) < 4.78 is 16.2. The summed E-state index contributed by atoms with van der Waals surface area (Å²) in [4.78, 5) is 18.6. The van der Waals surface area contributed by atoms with Crippen LogP contribution in [-0.2, 0) is 12.0 Å². The van der Waals surface area contributed by atoms with Gasteiger partial charge in [-0.1, -0.05) is 38.4 Å². The third-order valence-corrected chi connectivity index (χ3v) is 6.25. The van der Waals surface area contributed by atoms with E-state index in [0.717, 1.165) is 12.2 Å². The summed E-state index contributed by atoms with van der Waals surface area (Å²) in [5.41, 5.74) is 1.02.